The lowest BCUT2D eigenvalue weighted by Crippen LogP contribution is -2.00. The number of hydrogen-bond donors (Lipinski definition) is 1. The fourth-order valence-electron chi connectivity index (χ4n) is 1.65. The Balaban J connectivity index is 2.39. The van der Waals surface area contributed by atoms with Crippen molar-refractivity contribution >= 4 is 5.97 Å². The van der Waals surface area contributed by atoms with E-state index in [0.29, 0.717) is 5.56 Å². The van der Waals surface area contributed by atoms with Crippen LogP contribution in [0.1, 0.15) is 10.4 Å². The summed E-state index contributed by atoms with van der Waals surface area (Å²) in [6.45, 7) is 0. The maximum atomic E-state index is 11.5. The van der Waals surface area contributed by atoms with Crippen molar-refractivity contribution in [3.05, 3.63) is 42.2 Å². The highest BCUT2D eigenvalue weighted by molar-refractivity contribution is 5.97. The summed E-state index contributed by atoms with van der Waals surface area (Å²) < 4.78 is 9.80. The topological polar surface area (TPSA) is 51.3 Å². The third-order valence-electron chi connectivity index (χ3n) is 2.55. The van der Waals surface area contributed by atoms with E-state index in [1.54, 1.807) is 19.5 Å². The largest absolute Gasteiger partial charge is 0.497 e. The number of ether oxygens (including phenoxy) is 2. The van der Waals surface area contributed by atoms with Crippen LogP contribution in [-0.4, -0.2) is 25.2 Å². The molecule has 0 aliphatic carbocycles. The lowest BCUT2D eigenvalue weighted by atomic mass is 10.0. The molecule has 0 saturated carbocycles. The molecule has 0 bridgehead atoms. The Morgan fingerprint density at radius 3 is 2.41 bits per heavy atom. The summed E-state index contributed by atoms with van der Waals surface area (Å²) >= 11 is 0. The summed E-state index contributed by atoms with van der Waals surface area (Å²) in [6.07, 6.45) is 3.40. The highest BCUT2D eigenvalue weighted by Crippen LogP contribution is 2.25. The molecule has 17 heavy (non-hydrogen) atoms. The second-order valence-electron chi connectivity index (χ2n) is 3.50. The third-order valence-corrected chi connectivity index (χ3v) is 2.55. The minimum atomic E-state index is -0.350. The van der Waals surface area contributed by atoms with Gasteiger partial charge in [0.1, 0.15) is 5.75 Å². The zero-order chi connectivity index (χ0) is 12.3. The third kappa shape index (κ3) is 2.15. The number of hydrogen-bond acceptors (Lipinski definition) is 3. The number of aromatic nitrogens is 1. The van der Waals surface area contributed by atoms with Gasteiger partial charge in [-0.05, 0) is 17.7 Å². The van der Waals surface area contributed by atoms with E-state index >= 15 is 0 Å². The molecular formula is C13H13NO3. The van der Waals surface area contributed by atoms with Gasteiger partial charge in [0.2, 0.25) is 0 Å². The molecule has 0 fully saturated rings. The molecule has 4 heteroatoms. The minimum absolute atomic E-state index is 0.350. The van der Waals surface area contributed by atoms with Crippen LogP contribution >= 0.6 is 0 Å². The number of rotatable bonds is 3. The predicted octanol–water partition coefficient (Wildman–Crippen LogP) is 2.48. The van der Waals surface area contributed by atoms with Crippen molar-refractivity contribution < 1.29 is 14.3 Å². The van der Waals surface area contributed by atoms with E-state index in [-0.39, 0.29) is 5.97 Å². The fourth-order valence-corrected chi connectivity index (χ4v) is 1.65. The van der Waals surface area contributed by atoms with Crippen molar-refractivity contribution in [3.8, 4) is 16.9 Å². The molecule has 0 radical (unpaired) electrons. The van der Waals surface area contributed by atoms with Gasteiger partial charge < -0.3 is 14.5 Å². The van der Waals surface area contributed by atoms with E-state index in [4.69, 9.17) is 9.47 Å². The van der Waals surface area contributed by atoms with E-state index in [2.05, 4.69) is 4.98 Å². The molecule has 1 N–H and O–H groups in total. The van der Waals surface area contributed by atoms with Crippen LogP contribution in [0.3, 0.4) is 0 Å². The number of methoxy groups -OCH3 is 2. The number of carbonyl (C=O) groups excluding carboxylic acids is 1. The summed E-state index contributed by atoms with van der Waals surface area (Å²) in [7, 11) is 2.98. The molecule has 2 rings (SSSR count). The summed E-state index contributed by atoms with van der Waals surface area (Å²) in [4.78, 5) is 14.4. The van der Waals surface area contributed by atoms with Gasteiger partial charge in [0, 0.05) is 18.0 Å². The number of nitrogens with one attached hydrogen (secondary N) is 1. The highest BCUT2D eigenvalue weighted by atomic mass is 16.5. The first-order valence-corrected chi connectivity index (χ1v) is 5.15. The van der Waals surface area contributed by atoms with Crippen LogP contribution < -0.4 is 4.74 Å². The SMILES string of the molecule is COC(=O)c1c[nH]cc1-c1ccc(OC)cc1. The Morgan fingerprint density at radius 2 is 1.82 bits per heavy atom. The van der Waals surface area contributed by atoms with Gasteiger partial charge in [-0.3, -0.25) is 0 Å². The van der Waals surface area contributed by atoms with Crippen molar-refractivity contribution in [2.75, 3.05) is 14.2 Å². The van der Waals surface area contributed by atoms with Crippen molar-refractivity contribution in [2.45, 2.75) is 0 Å². The van der Waals surface area contributed by atoms with E-state index in [9.17, 15) is 4.79 Å². The van der Waals surface area contributed by atoms with Gasteiger partial charge in [-0.2, -0.15) is 0 Å². The predicted molar refractivity (Wildman–Crippen MR) is 64.1 cm³/mol. The lowest BCUT2D eigenvalue weighted by Gasteiger charge is -2.04. The van der Waals surface area contributed by atoms with Gasteiger partial charge in [0.05, 0.1) is 19.8 Å². The monoisotopic (exact) mass is 231 g/mol. The summed E-state index contributed by atoms with van der Waals surface area (Å²) in [5.74, 6) is 0.431. The van der Waals surface area contributed by atoms with E-state index in [1.807, 2.05) is 24.3 Å². The molecule has 1 heterocycles. The molecule has 0 atom stereocenters. The van der Waals surface area contributed by atoms with Crippen LogP contribution in [0.4, 0.5) is 0 Å². The number of carbonyl (C=O) groups is 1. The van der Waals surface area contributed by atoms with Gasteiger partial charge >= 0.3 is 5.97 Å². The maximum absolute atomic E-state index is 11.5. The van der Waals surface area contributed by atoms with Gasteiger partial charge in [-0.1, -0.05) is 12.1 Å². The van der Waals surface area contributed by atoms with Crippen LogP contribution in [0.25, 0.3) is 11.1 Å². The standard InChI is InChI=1S/C13H13NO3/c1-16-10-5-3-9(4-6-10)11-7-14-8-12(11)13(15)17-2/h3-8,14H,1-2H3. The molecule has 0 saturated heterocycles. The average molecular weight is 231 g/mol. The molecule has 0 spiro atoms. The van der Waals surface area contributed by atoms with Crippen molar-refractivity contribution in [2.24, 2.45) is 0 Å². The number of aromatic amines is 1. The molecule has 0 aliphatic heterocycles. The van der Waals surface area contributed by atoms with Gasteiger partial charge in [-0.15, -0.1) is 0 Å². The first-order chi connectivity index (χ1) is 8.26. The lowest BCUT2D eigenvalue weighted by molar-refractivity contribution is 0.0602. The van der Waals surface area contributed by atoms with Crippen LogP contribution in [0.5, 0.6) is 5.75 Å². The Bertz CT molecular complexity index is 514. The van der Waals surface area contributed by atoms with E-state index < -0.39 is 0 Å². The van der Waals surface area contributed by atoms with Crippen molar-refractivity contribution in [1.29, 1.82) is 0 Å². The Labute approximate surface area is 99.2 Å². The van der Waals surface area contributed by atoms with E-state index in [0.717, 1.165) is 16.9 Å². The first-order valence-electron chi connectivity index (χ1n) is 5.15. The molecule has 0 unspecified atom stereocenters. The van der Waals surface area contributed by atoms with E-state index in [1.165, 1.54) is 7.11 Å². The molecule has 0 aliphatic rings. The number of benzene rings is 1. The van der Waals surface area contributed by atoms with Crippen molar-refractivity contribution in [1.82, 2.24) is 4.98 Å². The smallest absolute Gasteiger partial charge is 0.340 e. The summed E-state index contributed by atoms with van der Waals surface area (Å²) in [6, 6.07) is 7.50. The molecule has 88 valence electrons. The second-order valence-corrected chi connectivity index (χ2v) is 3.50. The molecule has 4 nitrogen and oxygen atoms in total. The molecule has 2 aromatic rings. The number of esters is 1. The Hall–Kier alpha value is -2.23. The molecule has 1 aromatic heterocycles. The minimum Gasteiger partial charge on any atom is -0.497 e. The zero-order valence-electron chi connectivity index (χ0n) is 9.69. The Morgan fingerprint density at radius 1 is 1.12 bits per heavy atom. The highest BCUT2D eigenvalue weighted by Gasteiger charge is 2.13. The second kappa shape index (κ2) is 4.74. The van der Waals surface area contributed by atoms with Gasteiger partial charge in [-0.25, -0.2) is 4.79 Å². The van der Waals surface area contributed by atoms with Crippen LogP contribution in [0, 0.1) is 0 Å². The first kappa shape index (κ1) is 11.3. The summed E-state index contributed by atoms with van der Waals surface area (Å²) in [5.41, 5.74) is 2.28. The van der Waals surface area contributed by atoms with Crippen LogP contribution in [-0.2, 0) is 4.74 Å². The molecule has 1 aromatic carbocycles. The van der Waals surface area contributed by atoms with Crippen LogP contribution in [0.2, 0.25) is 0 Å². The normalized spacial score (nSPS) is 10.0. The summed E-state index contributed by atoms with van der Waals surface area (Å²) in [5, 5.41) is 0. The molecule has 0 amide bonds. The maximum Gasteiger partial charge on any atom is 0.340 e. The van der Waals surface area contributed by atoms with Crippen molar-refractivity contribution in [3.63, 3.8) is 0 Å². The zero-order valence-corrected chi connectivity index (χ0v) is 9.69. The Kier molecular flexibility index (Phi) is 3.14. The molecular weight excluding hydrogens is 218 g/mol. The van der Waals surface area contributed by atoms with Gasteiger partial charge in [0.25, 0.3) is 0 Å². The number of H-pyrrole nitrogens is 1. The van der Waals surface area contributed by atoms with Gasteiger partial charge in [0.15, 0.2) is 0 Å². The fraction of sp³-hybridized carbons (Fsp3) is 0.154. The quantitative estimate of drug-likeness (QED) is 0.825. The average Bonchev–Trinajstić information content (AvgIpc) is 2.87. The van der Waals surface area contributed by atoms with Crippen LogP contribution in [0.15, 0.2) is 36.7 Å².